The van der Waals surface area contributed by atoms with Crippen molar-refractivity contribution in [2.24, 2.45) is 5.73 Å². The highest BCUT2D eigenvalue weighted by molar-refractivity contribution is 5.85. The van der Waals surface area contributed by atoms with Crippen molar-refractivity contribution in [3.05, 3.63) is 36.4 Å². The molecule has 0 saturated carbocycles. The van der Waals surface area contributed by atoms with Crippen LogP contribution < -0.4 is 5.73 Å². The number of hydrogen-bond donors (Lipinski definition) is 3. The number of phenols is 2. The van der Waals surface area contributed by atoms with Gasteiger partial charge in [0.1, 0.15) is 0 Å². The first kappa shape index (κ1) is 13.8. The maximum atomic E-state index is 9.25. The topological polar surface area (TPSA) is 66.5 Å². The zero-order chi connectivity index (χ0) is 10.6. The van der Waals surface area contributed by atoms with Gasteiger partial charge >= 0.3 is 0 Å². The molecule has 1 aromatic rings. The summed E-state index contributed by atoms with van der Waals surface area (Å²) in [6, 6.07) is 4.52. The molecule has 0 unspecified atom stereocenters. The number of hydrogen-bond acceptors (Lipinski definition) is 3. The van der Waals surface area contributed by atoms with Gasteiger partial charge in [-0.3, -0.25) is 0 Å². The summed E-state index contributed by atoms with van der Waals surface area (Å²) < 4.78 is 0. The second-order valence-electron chi connectivity index (χ2n) is 3.22. The molecule has 1 rings (SSSR count). The van der Waals surface area contributed by atoms with E-state index in [4.69, 9.17) is 10.8 Å². The van der Waals surface area contributed by atoms with E-state index in [9.17, 15) is 5.11 Å². The van der Waals surface area contributed by atoms with E-state index in [0.29, 0.717) is 0 Å². The van der Waals surface area contributed by atoms with Crippen LogP contribution in [0.2, 0.25) is 0 Å². The first-order valence-corrected chi connectivity index (χ1v) is 4.53. The number of aromatic hydroxyl groups is 2. The van der Waals surface area contributed by atoms with Gasteiger partial charge in [-0.15, -0.1) is 19.0 Å². The molecule has 0 aliphatic heterocycles. The average Bonchev–Trinajstić information content (AvgIpc) is 2.18. The minimum atomic E-state index is -0.128. The van der Waals surface area contributed by atoms with E-state index >= 15 is 0 Å². The molecule has 0 spiro atoms. The molecule has 0 bridgehead atoms. The van der Waals surface area contributed by atoms with E-state index in [0.717, 1.165) is 18.4 Å². The molecule has 0 aliphatic rings. The van der Waals surface area contributed by atoms with Gasteiger partial charge in [-0.1, -0.05) is 12.1 Å². The van der Waals surface area contributed by atoms with Gasteiger partial charge in [0.15, 0.2) is 11.5 Å². The Morgan fingerprint density at radius 2 is 2.00 bits per heavy atom. The van der Waals surface area contributed by atoms with Gasteiger partial charge in [-0.2, -0.15) is 0 Å². The lowest BCUT2D eigenvalue weighted by atomic mass is 10.0. The van der Waals surface area contributed by atoms with Crippen molar-refractivity contribution < 1.29 is 10.2 Å². The Morgan fingerprint density at radius 3 is 2.53 bits per heavy atom. The zero-order valence-corrected chi connectivity index (χ0v) is 9.20. The molecule has 4 heteroatoms. The first-order chi connectivity index (χ1) is 6.65. The lowest BCUT2D eigenvalue weighted by Crippen LogP contribution is -2.09. The van der Waals surface area contributed by atoms with Crippen LogP contribution in [0, 0.1) is 0 Å². The Bertz CT molecular complexity index is 328. The minimum absolute atomic E-state index is 0. The summed E-state index contributed by atoms with van der Waals surface area (Å²) in [6.07, 6.45) is 3.43. The van der Waals surface area contributed by atoms with Gasteiger partial charge in [0.25, 0.3) is 0 Å². The highest BCUT2D eigenvalue weighted by Crippen LogP contribution is 2.28. The van der Waals surface area contributed by atoms with E-state index in [1.54, 1.807) is 12.1 Å². The average molecular weight is 230 g/mol. The van der Waals surface area contributed by atoms with Gasteiger partial charge in [-0.05, 0) is 30.5 Å². The van der Waals surface area contributed by atoms with Crippen molar-refractivity contribution in [2.75, 3.05) is 0 Å². The lowest BCUT2D eigenvalue weighted by Gasteiger charge is -2.11. The molecule has 4 N–H and O–H groups in total. The van der Waals surface area contributed by atoms with Crippen molar-refractivity contribution >= 4 is 12.4 Å². The van der Waals surface area contributed by atoms with E-state index in [2.05, 4.69) is 6.58 Å². The highest BCUT2D eigenvalue weighted by atomic mass is 35.5. The van der Waals surface area contributed by atoms with Crippen LogP contribution in [0.1, 0.15) is 24.4 Å². The second kappa shape index (κ2) is 6.32. The van der Waals surface area contributed by atoms with Gasteiger partial charge in [-0.25, -0.2) is 0 Å². The summed E-state index contributed by atoms with van der Waals surface area (Å²) >= 11 is 0. The number of allylic oxidation sites excluding steroid dienone is 1. The fourth-order valence-corrected chi connectivity index (χ4v) is 1.24. The molecule has 0 aromatic heterocycles. The maximum Gasteiger partial charge on any atom is 0.157 e. The van der Waals surface area contributed by atoms with Gasteiger partial charge in [0.2, 0.25) is 0 Å². The normalized spacial score (nSPS) is 11.5. The van der Waals surface area contributed by atoms with E-state index in [-0.39, 0.29) is 29.9 Å². The van der Waals surface area contributed by atoms with Crippen molar-refractivity contribution in [3.63, 3.8) is 0 Å². The Hall–Kier alpha value is -1.19. The van der Waals surface area contributed by atoms with Gasteiger partial charge < -0.3 is 15.9 Å². The first-order valence-electron chi connectivity index (χ1n) is 4.53. The third kappa shape index (κ3) is 3.81. The third-order valence-corrected chi connectivity index (χ3v) is 2.11. The van der Waals surface area contributed by atoms with Gasteiger partial charge in [0, 0.05) is 6.04 Å². The molecule has 15 heavy (non-hydrogen) atoms. The van der Waals surface area contributed by atoms with Crippen molar-refractivity contribution in [3.8, 4) is 11.5 Å². The summed E-state index contributed by atoms with van der Waals surface area (Å²) in [5.41, 5.74) is 6.68. The lowest BCUT2D eigenvalue weighted by molar-refractivity contribution is 0.402. The van der Waals surface area contributed by atoms with Gasteiger partial charge in [0.05, 0.1) is 0 Å². The molecular formula is C11H16ClNO2. The second-order valence-corrected chi connectivity index (χ2v) is 3.22. The SMILES string of the molecule is C=CCC[C@@H](N)c1ccc(O)c(O)c1.Cl. The summed E-state index contributed by atoms with van der Waals surface area (Å²) in [7, 11) is 0. The third-order valence-electron chi connectivity index (χ3n) is 2.11. The predicted molar refractivity (Wildman–Crippen MR) is 63.4 cm³/mol. The fourth-order valence-electron chi connectivity index (χ4n) is 1.24. The standard InChI is InChI=1S/C11H15NO2.ClH/c1-2-3-4-9(12)8-5-6-10(13)11(14)7-8;/h2,5-7,9,13-14H,1,3-4,12H2;1H/t9-;/m1./s1. The van der Waals surface area contributed by atoms with Crippen LogP contribution in [0.25, 0.3) is 0 Å². The van der Waals surface area contributed by atoms with Crippen LogP contribution in [-0.4, -0.2) is 10.2 Å². The number of halogens is 1. The summed E-state index contributed by atoms with van der Waals surface area (Å²) in [5.74, 6) is -0.249. The predicted octanol–water partition coefficient (Wildman–Crippen LogP) is 2.49. The quantitative estimate of drug-likeness (QED) is 0.549. The van der Waals surface area contributed by atoms with Crippen LogP contribution in [0.5, 0.6) is 11.5 Å². The Labute approximate surface area is 95.6 Å². The van der Waals surface area contributed by atoms with Crippen LogP contribution in [-0.2, 0) is 0 Å². The molecule has 0 aliphatic carbocycles. The van der Waals surface area contributed by atoms with Crippen molar-refractivity contribution in [1.29, 1.82) is 0 Å². The van der Waals surface area contributed by atoms with Crippen molar-refractivity contribution in [2.45, 2.75) is 18.9 Å². The van der Waals surface area contributed by atoms with E-state index in [1.165, 1.54) is 12.1 Å². The van der Waals surface area contributed by atoms with Crippen LogP contribution in [0.15, 0.2) is 30.9 Å². The molecule has 0 saturated heterocycles. The molecule has 0 amide bonds. The van der Waals surface area contributed by atoms with Crippen molar-refractivity contribution in [1.82, 2.24) is 0 Å². The Kier molecular flexibility index (Phi) is 5.82. The van der Waals surface area contributed by atoms with Crippen LogP contribution in [0.3, 0.4) is 0 Å². The molecule has 84 valence electrons. The largest absolute Gasteiger partial charge is 0.504 e. The number of benzene rings is 1. The number of phenolic OH excluding ortho intramolecular Hbond substituents is 2. The fraction of sp³-hybridized carbons (Fsp3) is 0.273. The zero-order valence-electron chi connectivity index (χ0n) is 8.39. The molecule has 3 nitrogen and oxygen atoms in total. The molecule has 0 radical (unpaired) electrons. The molecule has 0 heterocycles. The number of rotatable bonds is 4. The van der Waals surface area contributed by atoms with E-state index < -0.39 is 0 Å². The highest BCUT2D eigenvalue weighted by Gasteiger charge is 2.07. The molecule has 1 aromatic carbocycles. The Morgan fingerprint density at radius 1 is 1.33 bits per heavy atom. The minimum Gasteiger partial charge on any atom is -0.504 e. The molecule has 1 atom stereocenters. The Balaban J connectivity index is 0.00000196. The summed E-state index contributed by atoms with van der Waals surface area (Å²) in [5, 5.41) is 18.3. The van der Waals surface area contributed by atoms with Crippen LogP contribution >= 0.6 is 12.4 Å². The maximum absolute atomic E-state index is 9.25. The summed E-state index contributed by atoms with van der Waals surface area (Å²) in [6.45, 7) is 3.61. The smallest absolute Gasteiger partial charge is 0.157 e. The molecular weight excluding hydrogens is 214 g/mol. The molecule has 0 fully saturated rings. The van der Waals surface area contributed by atoms with E-state index in [1.807, 2.05) is 0 Å². The van der Waals surface area contributed by atoms with Crippen LogP contribution in [0.4, 0.5) is 0 Å². The monoisotopic (exact) mass is 229 g/mol. The summed E-state index contributed by atoms with van der Waals surface area (Å²) in [4.78, 5) is 0. The number of nitrogens with two attached hydrogens (primary N) is 1.